The molecule has 2 saturated heterocycles. The molecule has 3 heterocycles. The van der Waals surface area contributed by atoms with Crippen LogP contribution in [0.25, 0.3) is 5.57 Å². The van der Waals surface area contributed by atoms with Crippen molar-refractivity contribution in [3.8, 4) is 0 Å². The molecule has 1 aromatic carbocycles. The summed E-state index contributed by atoms with van der Waals surface area (Å²) in [4.78, 5) is 36.8. The average molecular weight is 386 g/mol. The number of hydrogen-bond acceptors (Lipinski definition) is 7. The van der Waals surface area contributed by atoms with E-state index < -0.39 is 10.9 Å². The molecule has 0 aliphatic carbocycles. The van der Waals surface area contributed by atoms with Crippen LogP contribution in [0, 0.1) is 10.1 Å². The number of rotatable bonds is 5. The van der Waals surface area contributed by atoms with Gasteiger partial charge in [-0.3, -0.25) is 19.8 Å². The lowest BCUT2D eigenvalue weighted by atomic mass is 10.1. The van der Waals surface area contributed by atoms with Gasteiger partial charge in [-0.1, -0.05) is 6.07 Å². The lowest BCUT2D eigenvalue weighted by Gasteiger charge is -2.30. The van der Waals surface area contributed by atoms with Crippen LogP contribution in [0.4, 0.5) is 5.69 Å². The number of fused-ring (bicyclic) bond motifs is 1. The molecule has 9 heteroatoms. The predicted octanol–water partition coefficient (Wildman–Crippen LogP) is 2.70. The first-order chi connectivity index (χ1) is 13.0. The predicted molar refractivity (Wildman–Crippen MR) is 95.3 cm³/mol. The smallest absolute Gasteiger partial charge is 0.343 e. The number of carbonyl (C=O) groups is 2. The van der Waals surface area contributed by atoms with E-state index in [1.807, 2.05) is 11.4 Å². The Morgan fingerprint density at radius 3 is 2.70 bits per heavy atom. The van der Waals surface area contributed by atoms with Crippen molar-refractivity contribution in [1.29, 1.82) is 0 Å². The number of β-lactam (4-membered cyclic amide) rings is 1. The van der Waals surface area contributed by atoms with Gasteiger partial charge < -0.3 is 9.47 Å². The average Bonchev–Trinajstić information content (AvgIpc) is 3.29. The van der Waals surface area contributed by atoms with Crippen molar-refractivity contribution in [2.75, 3.05) is 6.54 Å². The van der Waals surface area contributed by atoms with Crippen LogP contribution < -0.4 is 0 Å². The molecule has 1 amide bonds. The summed E-state index contributed by atoms with van der Waals surface area (Å²) in [5.41, 5.74) is 0.921. The van der Waals surface area contributed by atoms with Crippen LogP contribution in [0.1, 0.15) is 16.9 Å². The van der Waals surface area contributed by atoms with Gasteiger partial charge in [0.2, 0.25) is 5.91 Å². The molecule has 4 rings (SSSR count). The molecule has 0 bridgehead atoms. The van der Waals surface area contributed by atoms with E-state index in [9.17, 15) is 19.7 Å². The summed E-state index contributed by atoms with van der Waals surface area (Å²) in [6, 6.07) is 9.41. The second-order valence-electron chi connectivity index (χ2n) is 6.07. The van der Waals surface area contributed by atoms with Crippen molar-refractivity contribution in [2.45, 2.75) is 19.3 Å². The van der Waals surface area contributed by atoms with Crippen LogP contribution >= 0.6 is 11.3 Å². The highest BCUT2D eigenvalue weighted by Crippen LogP contribution is 2.36. The number of nitro benzene ring substituents is 1. The van der Waals surface area contributed by atoms with Crippen LogP contribution in [-0.2, 0) is 25.7 Å². The molecule has 2 fully saturated rings. The van der Waals surface area contributed by atoms with Crippen molar-refractivity contribution in [3.05, 3.63) is 68.1 Å². The van der Waals surface area contributed by atoms with Gasteiger partial charge in [0.25, 0.3) is 5.69 Å². The number of hydrogen-bond donors (Lipinski definition) is 0. The van der Waals surface area contributed by atoms with Crippen molar-refractivity contribution >= 4 is 34.5 Å². The maximum absolute atomic E-state index is 12.7. The van der Waals surface area contributed by atoms with Gasteiger partial charge in [0.05, 0.1) is 17.9 Å². The number of amides is 1. The molecule has 8 nitrogen and oxygen atoms in total. The zero-order chi connectivity index (χ0) is 19.0. The zero-order valence-electron chi connectivity index (χ0n) is 14.0. The van der Waals surface area contributed by atoms with E-state index in [4.69, 9.17) is 9.47 Å². The van der Waals surface area contributed by atoms with Gasteiger partial charge in [0.15, 0.2) is 6.23 Å². The molecule has 2 aliphatic heterocycles. The first kappa shape index (κ1) is 17.2. The fraction of sp³-hybridized carbons (Fsp3) is 0.222. The Kier molecular flexibility index (Phi) is 4.36. The van der Waals surface area contributed by atoms with E-state index in [0.29, 0.717) is 28.2 Å². The minimum absolute atomic E-state index is 0.000207. The third-order valence-corrected chi connectivity index (χ3v) is 5.26. The Morgan fingerprint density at radius 1 is 1.33 bits per heavy atom. The van der Waals surface area contributed by atoms with Gasteiger partial charge in [-0.15, -0.1) is 11.3 Å². The van der Waals surface area contributed by atoms with Crippen molar-refractivity contribution < 1.29 is 24.0 Å². The topological polar surface area (TPSA) is 99.0 Å². The number of ether oxygens (including phenoxy) is 2. The molecular formula is C18H14N2O6S. The Labute approximate surface area is 157 Å². The number of nitrogens with zero attached hydrogens (tertiary/aromatic N) is 2. The number of benzene rings is 1. The molecule has 0 saturated carbocycles. The van der Waals surface area contributed by atoms with Crippen molar-refractivity contribution in [2.24, 2.45) is 0 Å². The number of esters is 1. The number of thiophene rings is 1. The third-order valence-electron chi connectivity index (χ3n) is 4.38. The monoisotopic (exact) mass is 386 g/mol. The summed E-state index contributed by atoms with van der Waals surface area (Å²) in [6.45, 7) is 0.231. The van der Waals surface area contributed by atoms with Crippen LogP contribution in [-0.4, -0.2) is 34.5 Å². The third kappa shape index (κ3) is 3.28. The maximum Gasteiger partial charge on any atom is 0.343 e. The summed E-state index contributed by atoms with van der Waals surface area (Å²) < 4.78 is 11.1. The van der Waals surface area contributed by atoms with E-state index >= 15 is 0 Å². The molecule has 1 atom stereocenters. The van der Waals surface area contributed by atoms with Gasteiger partial charge in [0.1, 0.15) is 17.9 Å². The van der Waals surface area contributed by atoms with E-state index in [2.05, 4.69) is 0 Å². The Bertz CT molecular complexity index is 935. The number of carbonyl (C=O) groups excluding carboxylic acids is 2. The van der Waals surface area contributed by atoms with Gasteiger partial charge in [-0.05, 0) is 29.1 Å². The number of nitro groups is 1. The zero-order valence-corrected chi connectivity index (χ0v) is 14.8. The molecule has 2 aliphatic rings. The van der Waals surface area contributed by atoms with E-state index in [0.717, 1.165) is 0 Å². The van der Waals surface area contributed by atoms with Crippen molar-refractivity contribution in [1.82, 2.24) is 4.90 Å². The largest absolute Gasteiger partial charge is 0.471 e. The minimum Gasteiger partial charge on any atom is -0.471 e. The highest BCUT2D eigenvalue weighted by molar-refractivity contribution is 7.11. The van der Waals surface area contributed by atoms with E-state index in [-0.39, 0.29) is 31.0 Å². The summed E-state index contributed by atoms with van der Waals surface area (Å²) in [7, 11) is 0. The maximum atomic E-state index is 12.7. The summed E-state index contributed by atoms with van der Waals surface area (Å²) in [6.07, 6.45) is 0.0175. The minimum atomic E-state index is -0.555. The first-order valence-electron chi connectivity index (χ1n) is 8.16. The van der Waals surface area contributed by atoms with Gasteiger partial charge >= 0.3 is 5.97 Å². The SMILES string of the molecule is O=C(OCc1ccc([N+](=O)[O-])cc1)/C(=C1/CN2C(=O)CC2O1)c1cccs1. The molecule has 2 aromatic rings. The Balaban J connectivity index is 1.52. The lowest BCUT2D eigenvalue weighted by Crippen LogP contribution is -2.48. The van der Waals surface area contributed by atoms with E-state index in [1.54, 1.807) is 23.1 Å². The quantitative estimate of drug-likeness (QED) is 0.258. The molecule has 138 valence electrons. The first-order valence-corrected chi connectivity index (χ1v) is 9.04. The van der Waals surface area contributed by atoms with Gasteiger partial charge in [-0.2, -0.15) is 0 Å². The summed E-state index contributed by atoms with van der Waals surface area (Å²) in [5, 5.41) is 12.5. The number of non-ortho nitro benzene ring substituents is 1. The summed E-state index contributed by atoms with van der Waals surface area (Å²) >= 11 is 1.38. The lowest BCUT2D eigenvalue weighted by molar-refractivity contribution is -0.384. The molecule has 1 unspecified atom stereocenters. The molecular weight excluding hydrogens is 372 g/mol. The van der Waals surface area contributed by atoms with Crippen LogP contribution in [0.3, 0.4) is 0 Å². The second kappa shape index (κ2) is 6.84. The molecule has 0 N–H and O–H groups in total. The molecule has 1 aromatic heterocycles. The fourth-order valence-electron chi connectivity index (χ4n) is 2.92. The van der Waals surface area contributed by atoms with Gasteiger partial charge in [-0.25, -0.2) is 4.79 Å². The van der Waals surface area contributed by atoms with Crippen LogP contribution in [0.15, 0.2) is 47.5 Å². The van der Waals surface area contributed by atoms with E-state index in [1.165, 1.54) is 23.5 Å². The molecule has 27 heavy (non-hydrogen) atoms. The molecule has 0 radical (unpaired) electrons. The highest BCUT2D eigenvalue weighted by atomic mass is 32.1. The normalized spacial score (nSPS) is 19.8. The molecule has 0 spiro atoms. The van der Waals surface area contributed by atoms with Gasteiger partial charge in [0, 0.05) is 17.0 Å². The standard InChI is InChI=1S/C18H14N2O6S/c21-15-8-16-19(15)9-13(26-16)17(14-2-1-7-27-14)18(22)25-10-11-3-5-12(6-4-11)20(23)24/h1-7,16H,8-10H2/b17-13-. The highest BCUT2D eigenvalue weighted by Gasteiger charge is 2.45. The summed E-state index contributed by atoms with van der Waals surface area (Å²) in [5.74, 6) is -0.123. The van der Waals surface area contributed by atoms with Crippen LogP contribution in [0.2, 0.25) is 0 Å². The Morgan fingerprint density at radius 2 is 2.11 bits per heavy atom. The Hall–Kier alpha value is -3.20. The second-order valence-corrected chi connectivity index (χ2v) is 7.02. The van der Waals surface area contributed by atoms with Crippen LogP contribution in [0.5, 0.6) is 0 Å². The van der Waals surface area contributed by atoms with Crippen molar-refractivity contribution in [3.63, 3.8) is 0 Å². The fourth-order valence-corrected chi connectivity index (χ4v) is 3.70.